The number of carbonyl (C=O) groups is 1. The van der Waals surface area contributed by atoms with E-state index in [9.17, 15) is 13.2 Å². The first-order valence-electron chi connectivity index (χ1n) is 10.2. The molecule has 0 unspecified atom stereocenters. The van der Waals surface area contributed by atoms with Crippen molar-refractivity contribution < 1.29 is 17.9 Å². The van der Waals surface area contributed by atoms with E-state index in [1.165, 1.54) is 4.31 Å². The lowest BCUT2D eigenvalue weighted by atomic mass is 10.2. The van der Waals surface area contributed by atoms with Gasteiger partial charge in [-0.1, -0.05) is 30.3 Å². The molecule has 0 atom stereocenters. The van der Waals surface area contributed by atoms with Crippen LogP contribution in [-0.4, -0.2) is 63.4 Å². The molecular formula is C22H29N3O4S. The summed E-state index contributed by atoms with van der Waals surface area (Å²) in [5.41, 5.74) is 0.862. The highest BCUT2D eigenvalue weighted by atomic mass is 32.2. The molecule has 8 heteroatoms. The lowest BCUT2D eigenvalue weighted by Gasteiger charge is -2.31. The van der Waals surface area contributed by atoms with Crippen LogP contribution in [-0.2, 0) is 21.4 Å². The molecule has 3 rings (SSSR count). The smallest absolute Gasteiger partial charge is 0.243 e. The number of nitrogens with zero attached hydrogens (tertiary/aromatic N) is 2. The largest absolute Gasteiger partial charge is 0.494 e. The van der Waals surface area contributed by atoms with Crippen molar-refractivity contribution in [2.45, 2.75) is 24.3 Å². The van der Waals surface area contributed by atoms with Crippen LogP contribution in [0.1, 0.15) is 18.4 Å². The van der Waals surface area contributed by atoms with Gasteiger partial charge in [0, 0.05) is 39.1 Å². The van der Waals surface area contributed by atoms with Gasteiger partial charge >= 0.3 is 0 Å². The molecule has 0 aromatic heterocycles. The maximum Gasteiger partial charge on any atom is 0.243 e. The van der Waals surface area contributed by atoms with E-state index in [0.717, 1.165) is 24.4 Å². The number of rotatable bonds is 9. The van der Waals surface area contributed by atoms with Gasteiger partial charge in [-0.3, -0.25) is 4.79 Å². The minimum atomic E-state index is -3.47. The summed E-state index contributed by atoms with van der Waals surface area (Å²) in [7, 11) is -1.48. The van der Waals surface area contributed by atoms with Crippen molar-refractivity contribution in [2.75, 3.05) is 39.8 Å². The van der Waals surface area contributed by atoms with Gasteiger partial charge < -0.3 is 15.0 Å². The number of para-hydroxylation sites is 1. The fourth-order valence-electron chi connectivity index (χ4n) is 3.19. The number of amides is 1. The lowest BCUT2D eigenvalue weighted by Crippen LogP contribution is -2.47. The summed E-state index contributed by atoms with van der Waals surface area (Å²) in [6.07, 6.45) is 1.01. The molecule has 0 bridgehead atoms. The maximum atomic E-state index is 12.7. The molecule has 1 fully saturated rings. The third kappa shape index (κ3) is 6.29. The molecule has 0 saturated carbocycles. The van der Waals surface area contributed by atoms with Crippen LogP contribution in [0.25, 0.3) is 0 Å². The summed E-state index contributed by atoms with van der Waals surface area (Å²) in [4.78, 5) is 14.4. The molecule has 1 amide bonds. The van der Waals surface area contributed by atoms with Crippen molar-refractivity contribution in [3.05, 3.63) is 60.2 Å². The first kappa shape index (κ1) is 22.3. The quantitative estimate of drug-likeness (QED) is 0.615. The molecule has 1 aliphatic heterocycles. The Hall–Kier alpha value is -2.42. The SMILES string of the molecule is CN1CCN(S(=O)(=O)c2ccc(CNC(=O)CCCOc3ccccc3)cc2)CC1. The number of benzene rings is 2. The van der Waals surface area contributed by atoms with Gasteiger partial charge in [0.15, 0.2) is 0 Å². The molecule has 1 saturated heterocycles. The van der Waals surface area contributed by atoms with Gasteiger partial charge in [0.25, 0.3) is 0 Å². The van der Waals surface area contributed by atoms with Gasteiger partial charge in [-0.05, 0) is 43.3 Å². The minimum absolute atomic E-state index is 0.0548. The average Bonchev–Trinajstić information content (AvgIpc) is 2.76. The van der Waals surface area contributed by atoms with Crippen LogP contribution in [0.5, 0.6) is 5.75 Å². The molecular weight excluding hydrogens is 402 g/mol. The third-order valence-electron chi connectivity index (χ3n) is 5.07. The highest BCUT2D eigenvalue weighted by Gasteiger charge is 2.27. The number of ether oxygens (including phenoxy) is 1. The van der Waals surface area contributed by atoms with Crippen molar-refractivity contribution in [3.8, 4) is 5.75 Å². The van der Waals surface area contributed by atoms with Gasteiger partial charge in [-0.25, -0.2) is 8.42 Å². The second-order valence-electron chi connectivity index (χ2n) is 7.39. The maximum absolute atomic E-state index is 12.7. The predicted octanol–water partition coefficient (Wildman–Crippen LogP) is 2.10. The Morgan fingerprint density at radius 2 is 1.67 bits per heavy atom. The predicted molar refractivity (Wildman–Crippen MR) is 116 cm³/mol. The van der Waals surface area contributed by atoms with Crippen LogP contribution >= 0.6 is 0 Å². The number of likely N-dealkylation sites (N-methyl/N-ethyl adjacent to an activating group) is 1. The standard InChI is InChI=1S/C22H29N3O4S/c1-24-13-15-25(16-14-24)30(27,28)21-11-9-19(10-12-21)18-23-22(26)8-5-17-29-20-6-3-2-4-7-20/h2-4,6-7,9-12H,5,8,13-18H2,1H3,(H,23,26). The van der Waals surface area contributed by atoms with E-state index in [2.05, 4.69) is 10.2 Å². The van der Waals surface area contributed by atoms with Crippen LogP contribution in [0.15, 0.2) is 59.5 Å². The molecule has 1 heterocycles. The number of hydrogen-bond donors (Lipinski definition) is 1. The zero-order valence-corrected chi connectivity index (χ0v) is 18.1. The van der Waals surface area contributed by atoms with E-state index in [1.54, 1.807) is 24.3 Å². The highest BCUT2D eigenvalue weighted by molar-refractivity contribution is 7.89. The summed E-state index contributed by atoms with van der Waals surface area (Å²) in [5, 5.41) is 2.86. The van der Waals surface area contributed by atoms with Crippen LogP contribution in [0.2, 0.25) is 0 Å². The molecule has 162 valence electrons. The van der Waals surface area contributed by atoms with E-state index < -0.39 is 10.0 Å². The van der Waals surface area contributed by atoms with E-state index in [4.69, 9.17) is 4.74 Å². The molecule has 1 aliphatic rings. The lowest BCUT2D eigenvalue weighted by molar-refractivity contribution is -0.121. The van der Waals surface area contributed by atoms with Crippen LogP contribution in [0, 0.1) is 0 Å². The number of nitrogens with one attached hydrogen (secondary N) is 1. The third-order valence-corrected chi connectivity index (χ3v) is 6.99. The second kappa shape index (κ2) is 10.6. The van der Waals surface area contributed by atoms with Crippen LogP contribution in [0.3, 0.4) is 0 Å². The minimum Gasteiger partial charge on any atom is -0.494 e. The molecule has 2 aromatic rings. The van der Waals surface area contributed by atoms with E-state index >= 15 is 0 Å². The van der Waals surface area contributed by atoms with Gasteiger partial charge in [0.05, 0.1) is 11.5 Å². The average molecular weight is 432 g/mol. The molecule has 1 N–H and O–H groups in total. The van der Waals surface area contributed by atoms with Crippen molar-refractivity contribution in [1.29, 1.82) is 0 Å². The summed E-state index contributed by atoms with van der Waals surface area (Å²) >= 11 is 0. The summed E-state index contributed by atoms with van der Waals surface area (Å²) < 4.78 is 32.6. The van der Waals surface area contributed by atoms with Crippen molar-refractivity contribution in [1.82, 2.24) is 14.5 Å². The van der Waals surface area contributed by atoms with Gasteiger partial charge in [-0.2, -0.15) is 4.31 Å². The summed E-state index contributed by atoms with van der Waals surface area (Å²) in [6, 6.07) is 16.2. The first-order chi connectivity index (χ1) is 14.4. The Morgan fingerprint density at radius 1 is 1.00 bits per heavy atom. The Bertz CT molecular complexity index is 909. The first-order valence-corrected chi connectivity index (χ1v) is 11.6. The fourth-order valence-corrected chi connectivity index (χ4v) is 4.61. The topological polar surface area (TPSA) is 79.0 Å². The summed E-state index contributed by atoms with van der Waals surface area (Å²) in [5.74, 6) is 0.741. The zero-order valence-electron chi connectivity index (χ0n) is 17.3. The van der Waals surface area contributed by atoms with Gasteiger partial charge in [-0.15, -0.1) is 0 Å². The number of hydrogen-bond acceptors (Lipinski definition) is 5. The monoisotopic (exact) mass is 431 g/mol. The number of carbonyl (C=O) groups excluding carboxylic acids is 1. The van der Waals surface area contributed by atoms with E-state index in [0.29, 0.717) is 44.0 Å². The zero-order chi connectivity index (χ0) is 21.4. The van der Waals surface area contributed by atoms with Crippen LogP contribution < -0.4 is 10.1 Å². The number of piperazine rings is 1. The second-order valence-corrected chi connectivity index (χ2v) is 9.33. The van der Waals surface area contributed by atoms with Gasteiger partial charge in [0.1, 0.15) is 5.75 Å². The Balaban J connectivity index is 1.41. The number of sulfonamides is 1. The van der Waals surface area contributed by atoms with Crippen molar-refractivity contribution >= 4 is 15.9 Å². The normalized spacial score (nSPS) is 15.6. The Morgan fingerprint density at radius 3 is 2.33 bits per heavy atom. The summed E-state index contributed by atoms with van der Waals surface area (Å²) in [6.45, 7) is 3.33. The van der Waals surface area contributed by atoms with Crippen LogP contribution in [0.4, 0.5) is 0 Å². The fraction of sp³-hybridized carbons (Fsp3) is 0.409. The van der Waals surface area contributed by atoms with Crippen molar-refractivity contribution in [3.63, 3.8) is 0 Å². The Kier molecular flexibility index (Phi) is 7.84. The molecule has 2 aromatic carbocycles. The molecule has 30 heavy (non-hydrogen) atoms. The van der Waals surface area contributed by atoms with E-state index in [-0.39, 0.29) is 5.91 Å². The molecule has 0 aliphatic carbocycles. The Labute approximate surface area is 178 Å². The van der Waals surface area contributed by atoms with Crippen molar-refractivity contribution in [2.24, 2.45) is 0 Å². The highest BCUT2D eigenvalue weighted by Crippen LogP contribution is 2.18. The molecule has 0 radical (unpaired) electrons. The molecule has 0 spiro atoms. The molecule has 7 nitrogen and oxygen atoms in total. The van der Waals surface area contributed by atoms with E-state index in [1.807, 2.05) is 37.4 Å². The van der Waals surface area contributed by atoms with Gasteiger partial charge in [0.2, 0.25) is 15.9 Å².